The largest absolute Gasteiger partial charge is 0.369 e. The first-order valence-corrected chi connectivity index (χ1v) is 10.7. The maximum absolute atomic E-state index is 5.98. The van der Waals surface area contributed by atoms with Gasteiger partial charge in [0.2, 0.25) is 0 Å². The van der Waals surface area contributed by atoms with Crippen LogP contribution in [0.15, 0.2) is 60.7 Å². The van der Waals surface area contributed by atoms with Crippen LogP contribution in [0.1, 0.15) is 28.8 Å². The van der Waals surface area contributed by atoms with Gasteiger partial charge in [0.25, 0.3) is 0 Å². The number of rotatable bonds is 7. The second-order valence-electron chi connectivity index (χ2n) is 6.74. The van der Waals surface area contributed by atoms with Crippen LogP contribution in [0, 0.1) is 0 Å². The molecule has 0 spiro atoms. The molecule has 0 atom stereocenters. The number of aryl methyl sites for hydroxylation is 1. The minimum atomic E-state index is 0.738. The van der Waals surface area contributed by atoms with Crippen molar-refractivity contribution in [2.45, 2.75) is 26.2 Å². The summed E-state index contributed by atoms with van der Waals surface area (Å²) in [6.07, 6.45) is 2.67. The molecule has 2 aromatic carbocycles. The zero-order valence-corrected chi connectivity index (χ0v) is 17.4. The van der Waals surface area contributed by atoms with Gasteiger partial charge < -0.3 is 5.32 Å². The molecule has 0 bridgehead atoms. The highest BCUT2D eigenvalue weighted by molar-refractivity contribution is 7.18. The summed E-state index contributed by atoms with van der Waals surface area (Å²) in [4.78, 5) is 12.1. The summed E-state index contributed by atoms with van der Waals surface area (Å²) in [5.74, 6) is 1.79. The van der Waals surface area contributed by atoms with E-state index in [2.05, 4.69) is 54.7 Å². The summed E-state index contributed by atoms with van der Waals surface area (Å²) in [5, 5.41) is 5.43. The first-order valence-electron chi connectivity index (χ1n) is 9.53. The Morgan fingerprint density at radius 3 is 2.50 bits per heavy atom. The van der Waals surface area contributed by atoms with Crippen LogP contribution in [-0.2, 0) is 19.3 Å². The summed E-state index contributed by atoms with van der Waals surface area (Å²) in [7, 11) is 0. The molecular weight excluding hydrogens is 386 g/mol. The number of hydrogen-bond donors (Lipinski definition) is 1. The lowest BCUT2D eigenvalue weighted by molar-refractivity contribution is 0.966. The predicted octanol–water partition coefficient (Wildman–Crippen LogP) is 6.15. The monoisotopic (exact) mass is 407 g/mol. The molecule has 5 heteroatoms. The molecule has 0 saturated heterocycles. The highest BCUT2D eigenvalue weighted by Gasteiger charge is 2.12. The van der Waals surface area contributed by atoms with E-state index < -0.39 is 0 Å². The highest BCUT2D eigenvalue weighted by Crippen LogP contribution is 2.30. The molecule has 28 heavy (non-hydrogen) atoms. The summed E-state index contributed by atoms with van der Waals surface area (Å²) < 4.78 is 0. The molecule has 4 rings (SSSR count). The molecule has 0 amide bonds. The predicted molar refractivity (Wildman–Crippen MR) is 120 cm³/mol. The fourth-order valence-corrected chi connectivity index (χ4v) is 4.27. The first-order chi connectivity index (χ1) is 13.7. The van der Waals surface area contributed by atoms with Crippen LogP contribution in [-0.4, -0.2) is 16.5 Å². The molecule has 0 aliphatic heterocycles. The number of halogens is 1. The van der Waals surface area contributed by atoms with Gasteiger partial charge in [0, 0.05) is 22.9 Å². The number of hydrogen-bond acceptors (Lipinski definition) is 4. The van der Waals surface area contributed by atoms with Gasteiger partial charge in [-0.2, -0.15) is 0 Å². The second-order valence-corrected chi connectivity index (χ2v) is 8.29. The molecule has 0 unspecified atom stereocenters. The Kier molecular flexibility index (Phi) is 5.89. The third kappa shape index (κ3) is 4.51. The number of nitrogens with one attached hydrogen (secondary N) is 1. The molecule has 142 valence electrons. The highest BCUT2D eigenvalue weighted by atomic mass is 35.5. The standard InChI is InChI=1S/C23H22ClN3S/c1-2-19-15-20-22(25-13-12-16-8-10-18(24)11-9-16)26-21(27-23(20)28-19)14-17-6-4-3-5-7-17/h3-11,15H,2,12-14H2,1H3,(H,25,26,27). The lowest BCUT2D eigenvalue weighted by atomic mass is 10.1. The SMILES string of the molecule is CCc1cc2c(NCCc3ccc(Cl)cc3)nc(Cc3ccccc3)nc2s1. The fraction of sp³-hybridized carbons (Fsp3) is 0.217. The van der Waals surface area contributed by atoms with Crippen molar-refractivity contribution in [2.24, 2.45) is 0 Å². The van der Waals surface area contributed by atoms with Gasteiger partial charge in [0.1, 0.15) is 16.5 Å². The molecule has 3 nitrogen and oxygen atoms in total. The molecule has 0 aliphatic carbocycles. The molecule has 4 aromatic rings. The molecule has 0 fully saturated rings. The Morgan fingerprint density at radius 1 is 0.964 bits per heavy atom. The molecule has 0 saturated carbocycles. The number of fused-ring (bicyclic) bond motifs is 1. The van der Waals surface area contributed by atoms with Crippen molar-refractivity contribution in [3.63, 3.8) is 0 Å². The van der Waals surface area contributed by atoms with Crippen LogP contribution in [0.5, 0.6) is 0 Å². The molecular formula is C23H22ClN3S. The number of nitrogens with zero attached hydrogens (tertiary/aromatic N) is 2. The lowest BCUT2D eigenvalue weighted by Gasteiger charge is -2.09. The third-order valence-electron chi connectivity index (χ3n) is 4.66. The third-order valence-corrected chi connectivity index (χ3v) is 6.09. The summed E-state index contributed by atoms with van der Waals surface area (Å²) in [6, 6.07) is 20.6. The van der Waals surface area contributed by atoms with Crippen LogP contribution in [0.25, 0.3) is 10.2 Å². The molecule has 0 aliphatic rings. The van der Waals surface area contributed by atoms with Crippen molar-refractivity contribution in [3.05, 3.63) is 87.5 Å². The summed E-state index contributed by atoms with van der Waals surface area (Å²) >= 11 is 7.74. The second kappa shape index (κ2) is 8.72. The van der Waals surface area contributed by atoms with E-state index in [1.54, 1.807) is 11.3 Å². The zero-order valence-electron chi connectivity index (χ0n) is 15.8. The van der Waals surface area contributed by atoms with E-state index in [4.69, 9.17) is 21.6 Å². The Bertz CT molecular complexity index is 1060. The molecule has 2 heterocycles. The maximum Gasteiger partial charge on any atom is 0.138 e. The van der Waals surface area contributed by atoms with E-state index >= 15 is 0 Å². The number of benzene rings is 2. The number of anilines is 1. The average Bonchev–Trinajstić information content (AvgIpc) is 3.14. The minimum absolute atomic E-state index is 0.738. The quantitative estimate of drug-likeness (QED) is 0.399. The average molecular weight is 408 g/mol. The Balaban J connectivity index is 1.57. The summed E-state index contributed by atoms with van der Waals surface area (Å²) in [6.45, 7) is 2.99. The van der Waals surface area contributed by atoms with E-state index in [1.807, 2.05) is 18.2 Å². The van der Waals surface area contributed by atoms with Crippen molar-refractivity contribution >= 4 is 39.0 Å². The van der Waals surface area contributed by atoms with Gasteiger partial charge in [-0.1, -0.05) is 61.0 Å². The molecule has 1 N–H and O–H groups in total. The van der Waals surface area contributed by atoms with Gasteiger partial charge in [0.15, 0.2) is 0 Å². The van der Waals surface area contributed by atoms with Crippen molar-refractivity contribution in [1.29, 1.82) is 0 Å². The van der Waals surface area contributed by atoms with Gasteiger partial charge in [-0.25, -0.2) is 9.97 Å². The van der Waals surface area contributed by atoms with Gasteiger partial charge in [0.05, 0.1) is 5.39 Å². The van der Waals surface area contributed by atoms with Crippen LogP contribution in [0.3, 0.4) is 0 Å². The van der Waals surface area contributed by atoms with Crippen LogP contribution >= 0.6 is 22.9 Å². The van der Waals surface area contributed by atoms with E-state index in [0.717, 1.165) is 52.7 Å². The zero-order chi connectivity index (χ0) is 19.3. The van der Waals surface area contributed by atoms with E-state index in [0.29, 0.717) is 0 Å². The first kappa shape index (κ1) is 18.9. The Morgan fingerprint density at radius 2 is 1.75 bits per heavy atom. The maximum atomic E-state index is 5.98. The van der Waals surface area contributed by atoms with Gasteiger partial charge in [-0.15, -0.1) is 11.3 Å². The van der Waals surface area contributed by atoms with Gasteiger partial charge in [-0.3, -0.25) is 0 Å². The van der Waals surface area contributed by atoms with E-state index in [9.17, 15) is 0 Å². The van der Waals surface area contributed by atoms with Crippen LogP contribution in [0.4, 0.5) is 5.82 Å². The smallest absolute Gasteiger partial charge is 0.138 e. The lowest BCUT2D eigenvalue weighted by Crippen LogP contribution is -2.08. The Labute approximate surface area is 174 Å². The van der Waals surface area contributed by atoms with Crippen molar-refractivity contribution in [1.82, 2.24) is 9.97 Å². The van der Waals surface area contributed by atoms with E-state index in [-0.39, 0.29) is 0 Å². The van der Waals surface area contributed by atoms with Crippen molar-refractivity contribution < 1.29 is 0 Å². The minimum Gasteiger partial charge on any atom is -0.369 e. The molecule has 2 aromatic heterocycles. The van der Waals surface area contributed by atoms with Crippen molar-refractivity contribution in [3.8, 4) is 0 Å². The molecule has 0 radical (unpaired) electrons. The normalized spacial score (nSPS) is 11.1. The topological polar surface area (TPSA) is 37.8 Å². The Hall–Kier alpha value is -2.43. The number of aromatic nitrogens is 2. The van der Waals surface area contributed by atoms with Crippen LogP contribution in [0.2, 0.25) is 5.02 Å². The van der Waals surface area contributed by atoms with Gasteiger partial charge in [-0.05, 0) is 42.2 Å². The van der Waals surface area contributed by atoms with Crippen LogP contribution < -0.4 is 5.32 Å². The summed E-state index contributed by atoms with van der Waals surface area (Å²) in [5.41, 5.74) is 2.48. The van der Waals surface area contributed by atoms with Gasteiger partial charge >= 0.3 is 0 Å². The van der Waals surface area contributed by atoms with Crippen molar-refractivity contribution in [2.75, 3.05) is 11.9 Å². The number of thiophene rings is 1. The van der Waals surface area contributed by atoms with E-state index in [1.165, 1.54) is 16.0 Å². The fourth-order valence-electron chi connectivity index (χ4n) is 3.16.